The van der Waals surface area contributed by atoms with Gasteiger partial charge in [0.05, 0.1) is 18.8 Å². The van der Waals surface area contributed by atoms with E-state index in [2.05, 4.69) is 5.32 Å². The molecule has 0 aromatic heterocycles. The lowest BCUT2D eigenvalue weighted by molar-refractivity contribution is -0.131. The van der Waals surface area contributed by atoms with Crippen LogP contribution in [-0.4, -0.2) is 48.1 Å². The summed E-state index contributed by atoms with van der Waals surface area (Å²) in [5.41, 5.74) is 2.32. The van der Waals surface area contributed by atoms with Crippen molar-refractivity contribution >= 4 is 17.5 Å². The van der Waals surface area contributed by atoms with Crippen LogP contribution in [0.5, 0.6) is 0 Å². The summed E-state index contributed by atoms with van der Waals surface area (Å²) in [6.45, 7) is 2.80. The molecule has 2 aromatic rings. The predicted octanol–water partition coefficient (Wildman–Crippen LogP) is 4.19. The second-order valence-electron chi connectivity index (χ2n) is 8.16. The first-order valence-corrected chi connectivity index (χ1v) is 11.1. The van der Waals surface area contributed by atoms with Gasteiger partial charge in [-0.25, -0.2) is 0 Å². The number of hydrogen-bond donors (Lipinski definition) is 2. The van der Waals surface area contributed by atoms with Crippen molar-refractivity contribution in [2.45, 2.75) is 38.3 Å². The molecule has 1 heterocycles. The molecule has 170 valence electrons. The largest absolute Gasteiger partial charge is 0.394 e. The zero-order chi connectivity index (χ0) is 22.9. The van der Waals surface area contributed by atoms with Crippen molar-refractivity contribution in [3.8, 4) is 0 Å². The fourth-order valence-corrected chi connectivity index (χ4v) is 4.16. The van der Waals surface area contributed by atoms with E-state index in [0.29, 0.717) is 12.0 Å². The summed E-state index contributed by atoms with van der Waals surface area (Å²) >= 11 is 0. The molecule has 2 N–H and O–H groups in total. The summed E-state index contributed by atoms with van der Waals surface area (Å²) in [6.07, 6.45) is 5.86. The number of hydrogen-bond acceptors (Lipinski definition) is 4. The first kappa shape index (κ1) is 23.7. The Morgan fingerprint density at radius 3 is 2.56 bits per heavy atom. The van der Waals surface area contributed by atoms with Crippen molar-refractivity contribution in [2.24, 2.45) is 5.92 Å². The number of likely N-dealkylation sites (tertiary alicyclic amines) is 1. The first-order chi connectivity index (χ1) is 15.5. The number of amides is 2. The minimum Gasteiger partial charge on any atom is -0.394 e. The number of benzene rings is 2. The lowest BCUT2D eigenvalue weighted by Crippen LogP contribution is -2.37. The van der Waals surface area contributed by atoms with Gasteiger partial charge in [0.15, 0.2) is 0 Å². The van der Waals surface area contributed by atoms with Crippen LogP contribution in [0.3, 0.4) is 0 Å². The highest BCUT2D eigenvalue weighted by atomic mass is 16.5. The molecule has 0 aliphatic carbocycles. The second-order valence-corrected chi connectivity index (χ2v) is 8.16. The molecule has 0 radical (unpaired) electrons. The third kappa shape index (κ3) is 6.05. The zero-order valence-electron chi connectivity index (χ0n) is 18.7. The van der Waals surface area contributed by atoms with Crippen molar-refractivity contribution < 1.29 is 19.4 Å². The fraction of sp³-hybridized carbons (Fsp3) is 0.385. The van der Waals surface area contributed by atoms with Crippen LogP contribution < -0.4 is 5.32 Å². The molecule has 2 aromatic carbocycles. The quantitative estimate of drug-likeness (QED) is 0.578. The number of carbonyl (C=O) groups is 2. The van der Waals surface area contributed by atoms with Crippen LogP contribution in [0.4, 0.5) is 5.69 Å². The Bertz CT molecular complexity index is 911. The maximum Gasteiger partial charge on any atom is 0.255 e. The average Bonchev–Trinajstić information content (AvgIpc) is 3.30. The van der Waals surface area contributed by atoms with E-state index in [1.54, 1.807) is 24.1 Å². The van der Waals surface area contributed by atoms with Gasteiger partial charge in [0.1, 0.15) is 0 Å². The Kier molecular flexibility index (Phi) is 8.59. The van der Waals surface area contributed by atoms with Gasteiger partial charge in [-0.3, -0.25) is 9.59 Å². The lowest BCUT2D eigenvalue weighted by Gasteiger charge is -2.23. The number of rotatable bonds is 9. The minimum atomic E-state index is -0.169. The number of nitrogens with zero attached hydrogens (tertiary/aromatic N) is 1. The van der Waals surface area contributed by atoms with E-state index in [1.807, 2.05) is 61.5 Å². The molecule has 6 nitrogen and oxygen atoms in total. The molecule has 1 aliphatic rings. The van der Waals surface area contributed by atoms with Gasteiger partial charge in [0.25, 0.3) is 5.91 Å². The molecule has 3 atom stereocenters. The molecule has 2 amide bonds. The van der Waals surface area contributed by atoms with Gasteiger partial charge in [0.2, 0.25) is 5.91 Å². The van der Waals surface area contributed by atoms with E-state index >= 15 is 0 Å². The van der Waals surface area contributed by atoms with Crippen LogP contribution in [-0.2, 0) is 9.53 Å². The van der Waals surface area contributed by atoms with Crippen LogP contribution in [0.2, 0.25) is 0 Å². The van der Waals surface area contributed by atoms with Gasteiger partial charge in [-0.05, 0) is 42.7 Å². The Morgan fingerprint density at radius 1 is 1.19 bits per heavy atom. The van der Waals surface area contributed by atoms with Crippen LogP contribution in [0.1, 0.15) is 48.2 Å². The molecular weight excluding hydrogens is 404 g/mol. The van der Waals surface area contributed by atoms with Crippen molar-refractivity contribution in [1.82, 2.24) is 4.90 Å². The van der Waals surface area contributed by atoms with Crippen LogP contribution in [0.25, 0.3) is 0 Å². The second kappa shape index (κ2) is 11.6. The van der Waals surface area contributed by atoms with Gasteiger partial charge < -0.3 is 20.1 Å². The lowest BCUT2D eigenvalue weighted by atomic mass is 9.96. The predicted molar refractivity (Wildman–Crippen MR) is 125 cm³/mol. The molecule has 1 fully saturated rings. The highest BCUT2D eigenvalue weighted by Gasteiger charge is 2.27. The maximum absolute atomic E-state index is 12.4. The molecule has 1 saturated heterocycles. The van der Waals surface area contributed by atoms with Crippen molar-refractivity contribution in [1.29, 1.82) is 0 Å². The number of carbonyl (C=O) groups excluding carboxylic acids is 2. The maximum atomic E-state index is 12.4. The Morgan fingerprint density at radius 2 is 1.91 bits per heavy atom. The summed E-state index contributed by atoms with van der Waals surface area (Å²) in [5.74, 6) is -0.0358. The standard InChI is InChI=1S/C26H32N2O4/c1-19(8-6-12-24(30)28-17-7-11-23(28)18-29)25(32-2)20-13-15-22(16-14-20)27-26(31)21-9-4-3-5-10-21/h3-6,8-10,13-16,19,23,25,29H,7,11-12,17-18H2,1-2H3,(H,27,31)/b8-6+/t19-,23-,25+/m0/s1. The van der Waals surface area contributed by atoms with E-state index in [0.717, 1.165) is 30.6 Å². The smallest absolute Gasteiger partial charge is 0.255 e. The van der Waals surface area contributed by atoms with Crippen LogP contribution >= 0.6 is 0 Å². The number of anilines is 1. The summed E-state index contributed by atoms with van der Waals surface area (Å²) in [7, 11) is 1.67. The molecule has 1 aliphatic heterocycles. The number of ether oxygens (including phenoxy) is 1. The topological polar surface area (TPSA) is 78.9 Å². The molecule has 0 bridgehead atoms. The van der Waals surface area contributed by atoms with E-state index in [9.17, 15) is 14.7 Å². The van der Waals surface area contributed by atoms with Crippen LogP contribution in [0, 0.1) is 5.92 Å². The first-order valence-electron chi connectivity index (χ1n) is 11.1. The van der Waals surface area contributed by atoms with Gasteiger partial charge in [-0.1, -0.05) is 49.4 Å². The Balaban J connectivity index is 1.56. The summed E-state index contributed by atoms with van der Waals surface area (Å²) < 4.78 is 5.71. The number of nitrogens with one attached hydrogen (secondary N) is 1. The molecule has 0 saturated carbocycles. The van der Waals surface area contributed by atoms with E-state index < -0.39 is 0 Å². The third-order valence-corrected chi connectivity index (χ3v) is 5.90. The molecule has 32 heavy (non-hydrogen) atoms. The SMILES string of the molecule is CO[C@@H](c1ccc(NC(=O)c2ccccc2)cc1)[C@@H](C)/C=C/CC(=O)N1CCC[C@H]1CO. The summed E-state index contributed by atoms with van der Waals surface area (Å²) in [5, 5.41) is 12.3. The van der Waals surface area contributed by atoms with Gasteiger partial charge in [-0.15, -0.1) is 0 Å². The summed E-state index contributed by atoms with van der Waals surface area (Å²) in [6, 6.07) is 16.7. The monoisotopic (exact) mass is 436 g/mol. The van der Waals surface area contributed by atoms with Gasteiger partial charge >= 0.3 is 0 Å². The molecule has 0 unspecified atom stereocenters. The van der Waals surface area contributed by atoms with Gasteiger partial charge in [-0.2, -0.15) is 0 Å². The molecule has 0 spiro atoms. The van der Waals surface area contributed by atoms with E-state index in [-0.39, 0.29) is 36.5 Å². The van der Waals surface area contributed by atoms with Crippen molar-refractivity contribution in [3.63, 3.8) is 0 Å². The normalized spacial score (nSPS) is 18.0. The zero-order valence-corrected chi connectivity index (χ0v) is 18.7. The van der Waals surface area contributed by atoms with Crippen LogP contribution in [0.15, 0.2) is 66.7 Å². The molecular formula is C26H32N2O4. The third-order valence-electron chi connectivity index (χ3n) is 5.90. The Hall–Kier alpha value is -2.96. The number of aliphatic hydroxyl groups excluding tert-OH is 1. The molecule has 3 rings (SSSR count). The number of methoxy groups -OCH3 is 1. The number of aliphatic hydroxyl groups is 1. The van der Waals surface area contributed by atoms with Gasteiger partial charge in [0, 0.05) is 37.2 Å². The molecule has 6 heteroatoms. The van der Waals surface area contributed by atoms with Crippen molar-refractivity contribution in [2.75, 3.05) is 25.6 Å². The van der Waals surface area contributed by atoms with E-state index in [4.69, 9.17) is 4.74 Å². The highest BCUT2D eigenvalue weighted by molar-refractivity contribution is 6.04. The van der Waals surface area contributed by atoms with E-state index in [1.165, 1.54) is 0 Å². The Labute approximate surface area is 189 Å². The minimum absolute atomic E-state index is 0.0272. The fourth-order valence-electron chi connectivity index (χ4n) is 4.16. The average molecular weight is 437 g/mol. The van der Waals surface area contributed by atoms with Crippen molar-refractivity contribution in [3.05, 3.63) is 77.9 Å². The highest BCUT2D eigenvalue weighted by Crippen LogP contribution is 2.28. The summed E-state index contributed by atoms with van der Waals surface area (Å²) in [4.78, 5) is 26.5.